The number of aliphatic imine (C=N–C) groups is 1. The molecule has 0 spiro atoms. The molecule has 122 valence electrons. The number of benzene rings is 3. The van der Waals surface area contributed by atoms with Crippen LogP contribution in [0.3, 0.4) is 0 Å². The van der Waals surface area contributed by atoms with Crippen molar-refractivity contribution in [1.29, 1.82) is 0 Å². The molecule has 0 unspecified atom stereocenters. The zero-order valence-corrected chi connectivity index (χ0v) is 13.7. The SMILES string of the molecule is COc1cccc(NC(N)=NCCc2ccc3ccccc3c2)c1. The van der Waals surface area contributed by atoms with Gasteiger partial charge in [-0.1, -0.05) is 48.5 Å². The lowest BCUT2D eigenvalue weighted by Gasteiger charge is -2.07. The van der Waals surface area contributed by atoms with Crippen molar-refractivity contribution in [2.24, 2.45) is 10.7 Å². The quantitative estimate of drug-likeness (QED) is 0.555. The Labute approximate surface area is 142 Å². The molecule has 3 aromatic carbocycles. The molecule has 24 heavy (non-hydrogen) atoms. The van der Waals surface area contributed by atoms with Crippen LogP contribution in [0.2, 0.25) is 0 Å². The van der Waals surface area contributed by atoms with Gasteiger partial charge in [-0.3, -0.25) is 4.99 Å². The van der Waals surface area contributed by atoms with Crippen LogP contribution in [-0.4, -0.2) is 19.6 Å². The molecule has 4 heteroatoms. The van der Waals surface area contributed by atoms with Crippen LogP contribution in [0.5, 0.6) is 5.75 Å². The van der Waals surface area contributed by atoms with E-state index in [1.807, 2.05) is 24.3 Å². The molecular weight excluding hydrogens is 298 g/mol. The summed E-state index contributed by atoms with van der Waals surface area (Å²) >= 11 is 0. The van der Waals surface area contributed by atoms with Gasteiger partial charge in [0.05, 0.1) is 7.11 Å². The number of methoxy groups -OCH3 is 1. The van der Waals surface area contributed by atoms with Gasteiger partial charge in [0.2, 0.25) is 0 Å². The zero-order valence-electron chi connectivity index (χ0n) is 13.7. The van der Waals surface area contributed by atoms with E-state index < -0.39 is 0 Å². The van der Waals surface area contributed by atoms with Gasteiger partial charge in [-0.2, -0.15) is 0 Å². The summed E-state index contributed by atoms with van der Waals surface area (Å²) in [5.74, 6) is 1.19. The van der Waals surface area contributed by atoms with E-state index in [0.717, 1.165) is 17.9 Å². The van der Waals surface area contributed by atoms with E-state index in [9.17, 15) is 0 Å². The summed E-state index contributed by atoms with van der Waals surface area (Å²) in [6, 6.07) is 22.4. The Morgan fingerprint density at radius 2 is 1.83 bits per heavy atom. The molecule has 0 aromatic heterocycles. The molecule has 0 saturated heterocycles. The lowest BCUT2D eigenvalue weighted by Crippen LogP contribution is -2.23. The van der Waals surface area contributed by atoms with E-state index in [0.29, 0.717) is 12.5 Å². The van der Waals surface area contributed by atoms with E-state index in [4.69, 9.17) is 10.5 Å². The topological polar surface area (TPSA) is 59.6 Å². The fraction of sp³-hybridized carbons (Fsp3) is 0.150. The molecule has 0 saturated carbocycles. The van der Waals surface area contributed by atoms with Crippen molar-refractivity contribution in [2.75, 3.05) is 19.0 Å². The van der Waals surface area contributed by atoms with Gasteiger partial charge >= 0.3 is 0 Å². The minimum absolute atomic E-state index is 0.407. The number of nitrogens with two attached hydrogens (primary N) is 1. The Morgan fingerprint density at radius 1 is 1.00 bits per heavy atom. The predicted molar refractivity (Wildman–Crippen MR) is 101 cm³/mol. The second kappa shape index (κ2) is 7.51. The number of ether oxygens (including phenoxy) is 1. The van der Waals surface area contributed by atoms with E-state index in [2.05, 4.69) is 52.8 Å². The van der Waals surface area contributed by atoms with E-state index in [-0.39, 0.29) is 0 Å². The average Bonchev–Trinajstić information content (AvgIpc) is 2.62. The Hall–Kier alpha value is -3.01. The number of hydrogen-bond acceptors (Lipinski definition) is 2. The predicted octanol–water partition coefficient (Wildman–Crippen LogP) is 3.82. The van der Waals surface area contributed by atoms with Crippen LogP contribution in [0.15, 0.2) is 71.7 Å². The minimum atomic E-state index is 0.407. The third kappa shape index (κ3) is 4.04. The molecule has 0 amide bonds. The molecule has 0 atom stereocenters. The van der Waals surface area contributed by atoms with Crippen molar-refractivity contribution in [1.82, 2.24) is 0 Å². The maximum Gasteiger partial charge on any atom is 0.193 e. The maximum atomic E-state index is 5.95. The molecule has 0 radical (unpaired) electrons. The number of hydrogen-bond donors (Lipinski definition) is 2. The molecule has 0 fully saturated rings. The number of nitrogens with zero attached hydrogens (tertiary/aromatic N) is 1. The monoisotopic (exact) mass is 319 g/mol. The number of nitrogens with one attached hydrogen (secondary N) is 1. The van der Waals surface area contributed by atoms with Gasteiger partial charge in [-0.15, -0.1) is 0 Å². The summed E-state index contributed by atoms with van der Waals surface area (Å²) in [5.41, 5.74) is 8.07. The van der Waals surface area contributed by atoms with Gasteiger partial charge < -0.3 is 15.8 Å². The highest BCUT2D eigenvalue weighted by Crippen LogP contribution is 2.17. The Bertz CT molecular complexity index is 858. The van der Waals surface area contributed by atoms with E-state index in [1.54, 1.807) is 7.11 Å². The van der Waals surface area contributed by atoms with Crippen molar-refractivity contribution >= 4 is 22.4 Å². The molecular formula is C20H21N3O. The number of anilines is 1. The second-order valence-electron chi connectivity index (χ2n) is 5.56. The molecule has 3 aromatic rings. The second-order valence-corrected chi connectivity index (χ2v) is 5.56. The van der Waals surface area contributed by atoms with Gasteiger partial charge in [0.1, 0.15) is 5.75 Å². The largest absolute Gasteiger partial charge is 0.497 e. The first kappa shape index (κ1) is 15.9. The van der Waals surface area contributed by atoms with E-state index >= 15 is 0 Å². The Balaban J connectivity index is 1.59. The van der Waals surface area contributed by atoms with Crippen LogP contribution in [0.25, 0.3) is 10.8 Å². The van der Waals surface area contributed by atoms with Crippen molar-refractivity contribution < 1.29 is 4.74 Å². The third-order valence-electron chi connectivity index (χ3n) is 3.84. The fourth-order valence-corrected chi connectivity index (χ4v) is 2.59. The minimum Gasteiger partial charge on any atom is -0.497 e. The van der Waals surface area contributed by atoms with Crippen LogP contribution in [-0.2, 0) is 6.42 Å². The smallest absolute Gasteiger partial charge is 0.193 e. The maximum absolute atomic E-state index is 5.95. The van der Waals surface area contributed by atoms with Crippen LogP contribution >= 0.6 is 0 Å². The van der Waals surface area contributed by atoms with Crippen molar-refractivity contribution in [3.8, 4) is 5.75 Å². The third-order valence-corrected chi connectivity index (χ3v) is 3.84. The Kier molecular flexibility index (Phi) is 4.96. The highest BCUT2D eigenvalue weighted by molar-refractivity contribution is 5.92. The summed E-state index contributed by atoms with van der Waals surface area (Å²) < 4.78 is 5.19. The van der Waals surface area contributed by atoms with Gasteiger partial charge in [0, 0.05) is 18.3 Å². The van der Waals surface area contributed by atoms with Crippen LogP contribution in [0.1, 0.15) is 5.56 Å². The highest BCUT2D eigenvalue weighted by Gasteiger charge is 1.99. The lowest BCUT2D eigenvalue weighted by molar-refractivity contribution is 0.415. The summed E-state index contributed by atoms with van der Waals surface area (Å²) in [7, 11) is 1.64. The molecule has 0 heterocycles. The standard InChI is InChI=1S/C20H21N3O/c1-24-19-8-4-7-18(14-19)23-20(21)22-12-11-15-9-10-16-5-2-3-6-17(16)13-15/h2-10,13-14H,11-12H2,1H3,(H3,21,22,23). The molecule has 0 aliphatic rings. The molecule has 0 aliphatic carbocycles. The van der Waals surface area contributed by atoms with Gasteiger partial charge in [-0.05, 0) is 34.9 Å². The van der Waals surface area contributed by atoms with Crippen LogP contribution < -0.4 is 15.8 Å². The first-order valence-corrected chi connectivity index (χ1v) is 7.93. The van der Waals surface area contributed by atoms with Gasteiger partial charge in [0.15, 0.2) is 5.96 Å². The summed E-state index contributed by atoms with van der Waals surface area (Å²) in [6.07, 6.45) is 0.853. The molecule has 0 aliphatic heterocycles. The van der Waals surface area contributed by atoms with Crippen molar-refractivity contribution in [3.63, 3.8) is 0 Å². The number of rotatable bonds is 5. The Morgan fingerprint density at radius 3 is 2.67 bits per heavy atom. The number of guanidine groups is 1. The molecule has 0 bridgehead atoms. The van der Waals surface area contributed by atoms with Crippen molar-refractivity contribution in [2.45, 2.75) is 6.42 Å². The average molecular weight is 319 g/mol. The fourth-order valence-electron chi connectivity index (χ4n) is 2.59. The highest BCUT2D eigenvalue weighted by atomic mass is 16.5. The number of fused-ring (bicyclic) bond motifs is 1. The lowest BCUT2D eigenvalue weighted by atomic mass is 10.1. The van der Waals surface area contributed by atoms with Gasteiger partial charge in [0.25, 0.3) is 0 Å². The van der Waals surface area contributed by atoms with Crippen LogP contribution in [0.4, 0.5) is 5.69 Å². The summed E-state index contributed by atoms with van der Waals surface area (Å²) in [4.78, 5) is 4.39. The molecule has 3 N–H and O–H groups in total. The first-order valence-electron chi connectivity index (χ1n) is 7.93. The first-order chi connectivity index (χ1) is 11.7. The zero-order chi connectivity index (χ0) is 16.8. The summed E-state index contributed by atoms with van der Waals surface area (Å²) in [6.45, 7) is 0.640. The summed E-state index contributed by atoms with van der Waals surface area (Å²) in [5, 5.41) is 5.59. The normalized spacial score (nSPS) is 11.5. The van der Waals surface area contributed by atoms with E-state index in [1.165, 1.54) is 16.3 Å². The van der Waals surface area contributed by atoms with Crippen LogP contribution in [0, 0.1) is 0 Å². The molecule has 3 rings (SSSR count). The molecule has 4 nitrogen and oxygen atoms in total. The van der Waals surface area contributed by atoms with Crippen molar-refractivity contribution in [3.05, 3.63) is 72.3 Å². The van der Waals surface area contributed by atoms with Gasteiger partial charge in [-0.25, -0.2) is 0 Å².